The molecule has 0 radical (unpaired) electrons. The Hall–Kier alpha value is -3.22. The molecule has 1 N–H and O–H groups in total. The van der Waals surface area contributed by atoms with Crippen molar-refractivity contribution in [3.63, 3.8) is 0 Å². The van der Waals surface area contributed by atoms with Crippen LogP contribution in [-0.2, 0) is 6.54 Å². The SMILES string of the molecule is S=C1N[C@H](c2ccccn2)[C@H](c2ccc(-c3ccc(Cl)cc3)o2)N1Cc1ccncc1. The van der Waals surface area contributed by atoms with Crippen molar-refractivity contribution in [2.24, 2.45) is 0 Å². The van der Waals surface area contributed by atoms with Crippen LogP contribution in [0, 0.1) is 0 Å². The molecule has 7 heteroatoms. The summed E-state index contributed by atoms with van der Waals surface area (Å²) < 4.78 is 6.34. The van der Waals surface area contributed by atoms with Crippen LogP contribution >= 0.6 is 23.8 Å². The molecule has 5 rings (SSSR count). The highest BCUT2D eigenvalue weighted by Gasteiger charge is 2.41. The van der Waals surface area contributed by atoms with Crippen LogP contribution in [0.15, 0.2) is 89.7 Å². The molecule has 1 fully saturated rings. The molecular weight excluding hydrogens is 428 g/mol. The highest BCUT2D eigenvalue weighted by atomic mass is 35.5. The van der Waals surface area contributed by atoms with Crippen molar-refractivity contribution in [2.45, 2.75) is 18.6 Å². The summed E-state index contributed by atoms with van der Waals surface area (Å²) in [5.41, 5.74) is 3.01. The minimum atomic E-state index is -0.142. The van der Waals surface area contributed by atoms with Crippen molar-refractivity contribution in [1.82, 2.24) is 20.2 Å². The van der Waals surface area contributed by atoms with Gasteiger partial charge in [0.1, 0.15) is 17.6 Å². The number of rotatable bonds is 5. The second-order valence-corrected chi connectivity index (χ2v) is 8.14. The van der Waals surface area contributed by atoms with Crippen LogP contribution in [0.3, 0.4) is 0 Å². The predicted octanol–water partition coefficient (Wildman–Crippen LogP) is 5.56. The Balaban J connectivity index is 1.53. The smallest absolute Gasteiger partial charge is 0.170 e. The van der Waals surface area contributed by atoms with Gasteiger partial charge in [-0.2, -0.15) is 0 Å². The average Bonchev–Trinajstić information content (AvgIpc) is 3.41. The first-order valence-electron chi connectivity index (χ1n) is 9.92. The number of pyridine rings is 2. The lowest BCUT2D eigenvalue weighted by Crippen LogP contribution is -2.29. The third-order valence-corrected chi connectivity index (χ3v) is 5.95. The minimum absolute atomic E-state index is 0.125. The first kappa shape index (κ1) is 19.7. The average molecular weight is 447 g/mol. The second kappa shape index (κ2) is 8.49. The van der Waals surface area contributed by atoms with E-state index >= 15 is 0 Å². The van der Waals surface area contributed by atoms with Crippen molar-refractivity contribution < 1.29 is 4.42 Å². The molecule has 3 aromatic heterocycles. The maximum Gasteiger partial charge on any atom is 0.170 e. The molecule has 1 aliphatic rings. The molecule has 1 saturated heterocycles. The third kappa shape index (κ3) is 4.04. The van der Waals surface area contributed by atoms with Crippen LogP contribution in [0.5, 0.6) is 0 Å². The third-order valence-electron chi connectivity index (χ3n) is 5.35. The molecule has 5 nitrogen and oxygen atoms in total. The van der Waals surface area contributed by atoms with Gasteiger partial charge in [-0.1, -0.05) is 17.7 Å². The Morgan fingerprint density at radius 2 is 1.77 bits per heavy atom. The highest BCUT2D eigenvalue weighted by molar-refractivity contribution is 7.80. The van der Waals surface area contributed by atoms with E-state index < -0.39 is 0 Å². The quantitative estimate of drug-likeness (QED) is 0.405. The molecular formula is C24H19ClN4OS. The van der Waals surface area contributed by atoms with Crippen LogP contribution < -0.4 is 5.32 Å². The Labute approximate surface area is 190 Å². The molecule has 0 aliphatic carbocycles. The zero-order valence-electron chi connectivity index (χ0n) is 16.5. The van der Waals surface area contributed by atoms with E-state index in [-0.39, 0.29) is 12.1 Å². The molecule has 0 unspecified atom stereocenters. The summed E-state index contributed by atoms with van der Waals surface area (Å²) >= 11 is 11.8. The zero-order valence-corrected chi connectivity index (χ0v) is 18.1. The summed E-state index contributed by atoms with van der Waals surface area (Å²) in [6.07, 6.45) is 5.38. The first-order chi connectivity index (χ1) is 15.2. The van der Waals surface area contributed by atoms with Gasteiger partial charge in [-0.3, -0.25) is 9.97 Å². The van der Waals surface area contributed by atoms with Crippen molar-refractivity contribution in [3.8, 4) is 11.3 Å². The molecule has 0 amide bonds. The van der Waals surface area contributed by atoms with E-state index in [0.717, 1.165) is 28.3 Å². The standard InChI is InChI=1S/C24H19ClN4OS/c25-18-6-4-17(5-7-18)20-8-9-21(30-20)23-22(19-3-1-2-12-27-19)28-24(31)29(23)15-16-10-13-26-14-11-16/h1-14,22-23H,15H2,(H,28,31)/t22-,23+/m1/s1. The second-order valence-electron chi connectivity index (χ2n) is 7.32. The summed E-state index contributed by atoms with van der Waals surface area (Å²) in [7, 11) is 0. The number of hydrogen-bond donors (Lipinski definition) is 1. The summed E-state index contributed by atoms with van der Waals surface area (Å²) in [6.45, 7) is 0.638. The molecule has 4 heterocycles. The predicted molar refractivity (Wildman–Crippen MR) is 124 cm³/mol. The lowest BCUT2D eigenvalue weighted by atomic mass is 10.0. The summed E-state index contributed by atoms with van der Waals surface area (Å²) in [5.74, 6) is 1.61. The number of halogens is 1. The summed E-state index contributed by atoms with van der Waals surface area (Å²) in [6, 6.07) is 21.2. The summed E-state index contributed by atoms with van der Waals surface area (Å²) in [4.78, 5) is 10.8. The fourth-order valence-electron chi connectivity index (χ4n) is 3.85. The number of hydrogen-bond acceptors (Lipinski definition) is 4. The topological polar surface area (TPSA) is 54.2 Å². The van der Waals surface area contributed by atoms with Gasteiger partial charge in [-0.05, 0) is 78.4 Å². The maximum absolute atomic E-state index is 6.34. The molecule has 4 aromatic rings. The largest absolute Gasteiger partial charge is 0.459 e. The number of nitrogens with zero attached hydrogens (tertiary/aromatic N) is 3. The van der Waals surface area contributed by atoms with E-state index in [9.17, 15) is 0 Å². The monoisotopic (exact) mass is 446 g/mol. The Bertz CT molecular complexity index is 1180. The molecule has 0 bridgehead atoms. The molecule has 0 saturated carbocycles. The van der Waals surface area contributed by atoms with E-state index in [1.54, 1.807) is 18.6 Å². The van der Waals surface area contributed by atoms with E-state index in [2.05, 4.69) is 20.2 Å². The van der Waals surface area contributed by atoms with E-state index in [0.29, 0.717) is 16.7 Å². The van der Waals surface area contributed by atoms with Crippen molar-refractivity contribution >= 4 is 28.9 Å². The van der Waals surface area contributed by atoms with Crippen molar-refractivity contribution in [1.29, 1.82) is 0 Å². The van der Waals surface area contributed by atoms with Crippen LogP contribution in [0.2, 0.25) is 5.02 Å². The van der Waals surface area contributed by atoms with Gasteiger partial charge in [0.2, 0.25) is 0 Å². The van der Waals surface area contributed by atoms with Crippen LogP contribution in [0.25, 0.3) is 11.3 Å². The van der Waals surface area contributed by atoms with Crippen LogP contribution in [0.4, 0.5) is 0 Å². The van der Waals surface area contributed by atoms with Crippen molar-refractivity contribution in [2.75, 3.05) is 0 Å². The van der Waals surface area contributed by atoms with Crippen LogP contribution in [0.1, 0.15) is 29.1 Å². The van der Waals surface area contributed by atoms with Gasteiger partial charge in [0.25, 0.3) is 0 Å². The molecule has 0 spiro atoms. The van der Waals surface area contributed by atoms with Gasteiger partial charge < -0.3 is 14.6 Å². The van der Waals surface area contributed by atoms with Crippen molar-refractivity contribution in [3.05, 3.63) is 107 Å². The van der Waals surface area contributed by atoms with Gasteiger partial charge in [0.15, 0.2) is 5.11 Å². The normalized spacial score (nSPS) is 18.2. The Morgan fingerprint density at radius 3 is 2.52 bits per heavy atom. The lowest BCUT2D eigenvalue weighted by molar-refractivity contribution is 0.269. The Kier molecular flexibility index (Phi) is 5.40. The number of aromatic nitrogens is 2. The first-order valence-corrected chi connectivity index (χ1v) is 10.7. The van der Waals surface area contributed by atoms with Gasteiger partial charge >= 0.3 is 0 Å². The van der Waals surface area contributed by atoms with E-state index in [1.807, 2.05) is 66.7 Å². The minimum Gasteiger partial charge on any atom is -0.459 e. The Morgan fingerprint density at radius 1 is 0.968 bits per heavy atom. The fourth-order valence-corrected chi connectivity index (χ4v) is 4.28. The molecule has 154 valence electrons. The number of benzene rings is 1. The maximum atomic E-state index is 6.34. The fraction of sp³-hybridized carbons (Fsp3) is 0.125. The number of furan rings is 1. The summed E-state index contributed by atoms with van der Waals surface area (Å²) in [5, 5.41) is 4.81. The van der Waals surface area contributed by atoms with Gasteiger partial charge in [0.05, 0.1) is 11.7 Å². The van der Waals surface area contributed by atoms with Gasteiger partial charge in [-0.25, -0.2) is 0 Å². The van der Waals surface area contributed by atoms with E-state index in [1.165, 1.54) is 0 Å². The van der Waals surface area contributed by atoms with Gasteiger partial charge in [-0.15, -0.1) is 0 Å². The molecule has 1 aromatic carbocycles. The lowest BCUT2D eigenvalue weighted by Gasteiger charge is -2.26. The van der Waals surface area contributed by atoms with Gasteiger partial charge in [0, 0.05) is 35.7 Å². The highest BCUT2D eigenvalue weighted by Crippen LogP contribution is 2.41. The van der Waals surface area contributed by atoms with Crippen LogP contribution in [-0.4, -0.2) is 20.0 Å². The molecule has 31 heavy (non-hydrogen) atoms. The number of thiocarbonyl (C=S) groups is 1. The zero-order chi connectivity index (χ0) is 21.2. The molecule has 1 aliphatic heterocycles. The number of nitrogens with one attached hydrogen (secondary N) is 1. The van der Waals surface area contributed by atoms with E-state index in [4.69, 9.17) is 28.2 Å². The molecule has 2 atom stereocenters.